The molecule has 2 amide bonds. The summed E-state index contributed by atoms with van der Waals surface area (Å²) in [7, 11) is 0. The predicted octanol–water partition coefficient (Wildman–Crippen LogP) is 5.67. The van der Waals surface area contributed by atoms with E-state index in [1.807, 2.05) is 23.5 Å². The maximum absolute atomic E-state index is 13.1. The van der Waals surface area contributed by atoms with Gasteiger partial charge < -0.3 is 15.3 Å². The van der Waals surface area contributed by atoms with Gasteiger partial charge in [0.1, 0.15) is 5.82 Å². The van der Waals surface area contributed by atoms with E-state index in [0.29, 0.717) is 12.1 Å². The van der Waals surface area contributed by atoms with Crippen LogP contribution in [0, 0.1) is 0 Å². The molecule has 4 rings (SSSR count). The number of benzene rings is 2. The van der Waals surface area contributed by atoms with Gasteiger partial charge in [0.25, 0.3) is 0 Å². The van der Waals surface area contributed by atoms with Crippen LogP contribution in [-0.2, 0) is 11.0 Å². The topological polar surface area (TPSA) is 112 Å². The lowest BCUT2D eigenvalue weighted by atomic mass is 10.0. The fourth-order valence-corrected chi connectivity index (χ4v) is 4.08. The lowest BCUT2D eigenvalue weighted by Crippen LogP contribution is -2.19. The molecule has 1 aliphatic heterocycles. The van der Waals surface area contributed by atoms with Crippen molar-refractivity contribution < 1.29 is 32.7 Å². The number of nitrogens with one attached hydrogen (secondary N) is 2. The molecule has 1 aromatic heterocycles. The highest BCUT2D eigenvalue weighted by atomic mass is 19.4. The van der Waals surface area contributed by atoms with Crippen LogP contribution in [0.2, 0.25) is 0 Å². The first-order chi connectivity index (χ1) is 17.6. The van der Waals surface area contributed by atoms with E-state index in [-0.39, 0.29) is 11.3 Å². The average Bonchev–Trinajstić information content (AvgIpc) is 3.39. The molecule has 37 heavy (non-hydrogen) atoms. The molecule has 192 valence electrons. The number of hydrogen-bond donors (Lipinski definition) is 3. The molecule has 0 saturated carbocycles. The first-order valence-corrected chi connectivity index (χ1v) is 11.5. The molecule has 8 nitrogen and oxygen atoms in total. The van der Waals surface area contributed by atoms with Crippen LogP contribution in [0.25, 0.3) is 11.1 Å². The van der Waals surface area contributed by atoms with Crippen molar-refractivity contribution in [1.29, 1.82) is 0 Å². The van der Waals surface area contributed by atoms with Crippen LogP contribution in [0.5, 0.6) is 0 Å². The van der Waals surface area contributed by atoms with Crippen molar-refractivity contribution in [3.63, 3.8) is 0 Å². The number of rotatable bonds is 7. The summed E-state index contributed by atoms with van der Waals surface area (Å²) in [5.74, 6) is -0.589. The Morgan fingerprint density at radius 2 is 1.65 bits per heavy atom. The third-order valence-corrected chi connectivity index (χ3v) is 5.88. The van der Waals surface area contributed by atoms with Gasteiger partial charge in [-0.15, -0.1) is 0 Å². The minimum Gasteiger partial charge on any atom is -0.465 e. The van der Waals surface area contributed by atoms with Gasteiger partial charge in [-0.25, -0.2) is 9.78 Å². The van der Waals surface area contributed by atoms with Gasteiger partial charge >= 0.3 is 12.3 Å². The van der Waals surface area contributed by atoms with Gasteiger partial charge in [-0.3, -0.25) is 14.9 Å². The number of nitrogens with zero attached hydrogens (tertiary/aromatic N) is 2. The number of Topliss-reactive ketones (excluding diaryl/α,β-unsaturated/α-hetero) is 1. The molecule has 2 aromatic carbocycles. The second-order valence-corrected chi connectivity index (χ2v) is 8.51. The number of anilines is 3. The zero-order valence-electron chi connectivity index (χ0n) is 19.5. The van der Waals surface area contributed by atoms with Gasteiger partial charge in [-0.1, -0.05) is 18.2 Å². The van der Waals surface area contributed by atoms with Gasteiger partial charge in [0.05, 0.1) is 23.4 Å². The number of carbonyl (C=O) groups excluding carboxylic acids is 2. The molecule has 11 heteroatoms. The first-order valence-electron chi connectivity index (χ1n) is 11.5. The number of halogens is 3. The van der Waals surface area contributed by atoms with Crippen LogP contribution in [0.3, 0.4) is 0 Å². The normalized spacial score (nSPS) is 13.3. The van der Waals surface area contributed by atoms with Crippen molar-refractivity contribution >= 4 is 35.0 Å². The lowest BCUT2D eigenvalue weighted by Gasteiger charge is -2.17. The fourth-order valence-electron chi connectivity index (χ4n) is 4.08. The summed E-state index contributed by atoms with van der Waals surface area (Å²) >= 11 is 0. The Balaban J connectivity index is 1.50. The van der Waals surface area contributed by atoms with E-state index in [4.69, 9.17) is 5.11 Å². The largest absolute Gasteiger partial charge is 0.465 e. The minimum absolute atomic E-state index is 0.250. The highest BCUT2D eigenvalue weighted by molar-refractivity contribution is 6.12. The Morgan fingerprint density at radius 3 is 2.35 bits per heavy atom. The average molecular weight is 512 g/mol. The molecule has 2 heterocycles. The molecule has 3 aromatic rings. The van der Waals surface area contributed by atoms with Gasteiger partial charge in [0.15, 0.2) is 5.78 Å². The van der Waals surface area contributed by atoms with E-state index >= 15 is 0 Å². The summed E-state index contributed by atoms with van der Waals surface area (Å²) in [4.78, 5) is 43.0. The molecule has 0 bridgehead atoms. The summed E-state index contributed by atoms with van der Waals surface area (Å²) in [5.41, 5.74) is 0.109. The number of carbonyl (C=O) groups is 3. The van der Waals surface area contributed by atoms with E-state index in [1.165, 1.54) is 0 Å². The lowest BCUT2D eigenvalue weighted by molar-refractivity contribution is -0.137. The Labute approximate surface area is 210 Å². The zero-order chi connectivity index (χ0) is 26.6. The molecular weight excluding hydrogens is 489 g/mol. The summed E-state index contributed by atoms with van der Waals surface area (Å²) < 4.78 is 39.3. The standard InChI is InChI=1S/C26H23F3N4O4/c27-26(28,29)19-6-7-20(32-25(36)37)21(14-19)31-24(35)15-22(34)18-5-3-4-16(12-18)17-8-9-30-23(13-17)33-10-1-2-11-33/h3-9,12-14,32H,1-2,10-11,15H2,(H,31,35)(H,36,37). The SMILES string of the molecule is O=C(O)Nc1ccc(C(F)(F)F)cc1NC(=O)CC(=O)c1cccc(-c2ccnc(N3CCCC3)c2)c1. The molecule has 1 aliphatic rings. The van der Waals surface area contributed by atoms with Crippen LogP contribution < -0.4 is 15.5 Å². The molecule has 0 unspecified atom stereocenters. The van der Waals surface area contributed by atoms with E-state index in [2.05, 4.69) is 15.2 Å². The van der Waals surface area contributed by atoms with Crippen LogP contribution in [0.15, 0.2) is 60.8 Å². The third-order valence-electron chi connectivity index (χ3n) is 5.88. The molecule has 0 spiro atoms. The molecule has 0 aliphatic carbocycles. The monoisotopic (exact) mass is 512 g/mol. The molecule has 1 fully saturated rings. The Morgan fingerprint density at radius 1 is 0.919 bits per heavy atom. The molecule has 3 N–H and O–H groups in total. The van der Waals surface area contributed by atoms with Crippen molar-refractivity contribution in [1.82, 2.24) is 4.98 Å². The maximum atomic E-state index is 13.1. The summed E-state index contributed by atoms with van der Waals surface area (Å²) in [6.07, 6.45) is -2.98. The third kappa shape index (κ3) is 6.43. The van der Waals surface area contributed by atoms with E-state index < -0.39 is 41.6 Å². The second kappa shape index (κ2) is 10.7. The smallest absolute Gasteiger partial charge is 0.416 e. The van der Waals surface area contributed by atoms with Crippen molar-refractivity contribution in [2.45, 2.75) is 25.4 Å². The summed E-state index contributed by atoms with van der Waals surface area (Å²) in [5, 5.41) is 13.1. The van der Waals surface area contributed by atoms with Gasteiger partial charge in [0, 0.05) is 24.8 Å². The summed E-state index contributed by atoms with van der Waals surface area (Å²) in [6.45, 7) is 1.86. The predicted molar refractivity (Wildman–Crippen MR) is 132 cm³/mol. The number of carboxylic acid groups (broad SMARTS) is 1. The quantitative estimate of drug-likeness (QED) is 0.278. The van der Waals surface area contributed by atoms with Gasteiger partial charge in [-0.05, 0) is 60.4 Å². The van der Waals surface area contributed by atoms with Crippen LogP contribution in [0.4, 0.5) is 35.2 Å². The summed E-state index contributed by atoms with van der Waals surface area (Å²) in [6, 6.07) is 12.6. The molecule has 0 atom stereocenters. The van der Waals surface area contributed by atoms with Crippen LogP contribution in [-0.4, -0.2) is 41.0 Å². The van der Waals surface area contributed by atoms with Gasteiger partial charge in [0.2, 0.25) is 5.91 Å². The first kappa shape index (κ1) is 25.7. The highest BCUT2D eigenvalue weighted by Gasteiger charge is 2.31. The van der Waals surface area contributed by atoms with Crippen LogP contribution >= 0.6 is 0 Å². The Kier molecular flexibility index (Phi) is 7.42. The fraction of sp³-hybridized carbons (Fsp3) is 0.231. The number of pyridine rings is 1. The number of hydrogen-bond acceptors (Lipinski definition) is 5. The van der Waals surface area contributed by atoms with E-state index in [1.54, 1.807) is 24.4 Å². The molecular formula is C26H23F3N4O4. The second-order valence-electron chi connectivity index (χ2n) is 8.51. The van der Waals surface area contributed by atoms with Crippen molar-refractivity contribution in [3.8, 4) is 11.1 Å². The minimum atomic E-state index is -4.71. The molecule has 0 radical (unpaired) electrons. The van der Waals surface area contributed by atoms with Crippen molar-refractivity contribution in [2.75, 3.05) is 28.6 Å². The van der Waals surface area contributed by atoms with E-state index in [0.717, 1.165) is 48.9 Å². The van der Waals surface area contributed by atoms with Crippen molar-refractivity contribution in [2.24, 2.45) is 0 Å². The van der Waals surface area contributed by atoms with Crippen molar-refractivity contribution in [3.05, 3.63) is 71.9 Å². The Hall–Kier alpha value is -4.41. The zero-order valence-corrected chi connectivity index (χ0v) is 19.5. The van der Waals surface area contributed by atoms with Crippen LogP contribution in [0.1, 0.15) is 35.2 Å². The highest BCUT2D eigenvalue weighted by Crippen LogP contribution is 2.34. The number of alkyl halides is 3. The van der Waals surface area contributed by atoms with Gasteiger partial charge in [-0.2, -0.15) is 13.2 Å². The molecule has 1 saturated heterocycles. The Bertz CT molecular complexity index is 1340. The number of ketones is 1. The number of amides is 2. The maximum Gasteiger partial charge on any atom is 0.416 e. The van der Waals surface area contributed by atoms with E-state index in [9.17, 15) is 27.6 Å². The number of aromatic nitrogens is 1.